The van der Waals surface area contributed by atoms with E-state index in [4.69, 9.17) is 44.3 Å². The van der Waals surface area contributed by atoms with Crippen molar-refractivity contribution in [2.45, 2.75) is 130 Å². The quantitative estimate of drug-likeness (QED) is 0.134. The van der Waals surface area contributed by atoms with E-state index in [0.29, 0.717) is 37.4 Å². The van der Waals surface area contributed by atoms with Gasteiger partial charge in [0, 0.05) is 0 Å². The highest BCUT2D eigenvalue weighted by molar-refractivity contribution is 7.53. The summed E-state index contributed by atoms with van der Waals surface area (Å²) >= 11 is 6.40. The summed E-state index contributed by atoms with van der Waals surface area (Å²) in [6.07, 6.45) is -0.612. The molecule has 2 saturated heterocycles. The number of imidazole rings is 1. The molecule has 2 aromatic rings. The number of rotatable bonds is 11. The number of hydrogen-bond acceptors (Lipinski definition) is 13. The SMILES string of the molecule is CCOP(=O)(CCCC[C@H]1O[C@@H](n2cnc3c(N(C(=O)OC(C)(C)C)C(=O)OC(C)(C)C)nc(Cl)nc32)[C@H]2OC(C)(C)OC12)OCC. The lowest BCUT2D eigenvalue weighted by Gasteiger charge is -2.28. The van der Waals surface area contributed by atoms with Gasteiger partial charge in [-0.05, 0) is 93.7 Å². The first-order chi connectivity index (χ1) is 21.8. The van der Waals surface area contributed by atoms with Crippen LogP contribution in [0.2, 0.25) is 5.28 Å². The first-order valence-electron chi connectivity index (χ1n) is 15.8. The van der Waals surface area contributed by atoms with Crippen molar-refractivity contribution in [3.05, 3.63) is 11.6 Å². The molecule has 0 aliphatic carbocycles. The maximum atomic E-state index is 13.4. The van der Waals surface area contributed by atoms with E-state index in [1.807, 2.05) is 13.8 Å². The lowest BCUT2D eigenvalue weighted by molar-refractivity contribution is -0.197. The zero-order valence-electron chi connectivity index (χ0n) is 28.8. The average molecular weight is 704 g/mol. The minimum atomic E-state index is -3.16. The minimum Gasteiger partial charge on any atom is -0.443 e. The van der Waals surface area contributed by atoms with Gasteiger partial charge in [-0.1, -0.05) is 6.42 Å². The number of anilines is 1. The Balaban J connectivity index is 1.65. The molecule has 264 valence electrons. The number of amides is 2. The number of halogens is 1. The van der Waals surface area contributed by atoms with Crippen LogP contribution in [-0.2, 0) is 37.3 Å². The lowest BCUT2D eigenvalue weighted by atomic mass is 10.1. The molecule has 0 aromatic carbocycles. The van der Waals surface area contributed by atoms with Gasteiger partial charge in [-0.15, -0.1) is 0 Å². The van der Waals surface area contributed by atoms with Gasteiger partial charge in [-0.25, -0.2) is 14.6 Å². The second-order valence-electron chi connectivity index (χ2n) is 13.7. The van der Waals surface area contributed by atoms with Crippen LogP contribution >= 0.6 is 19.2 Å². The third-order valence-electron chi connectivity index (χ3n) is 6.96. The smallest absolute Gasteiger partial charge is 0.425 e. The summed E-state index contributed by atoms with van der Waals surface area (Å²) in [5.74, 6) is -1.11. The van der Waals surface area contributed by atoms with E-state index in [2.05, 4.69) is 15.0 Å². The molecule has 4 atom stereocenters. The highest BCUT2D eigenvalue weighted by atomic mass is 35.5. The summed E-state index contributed by atoms with van der Waals surface area (Å²) < 4.78 is 55.5. The summed E-state index contributed by atoms with van der Waals surface area (Å²) in [4.78, 5) is 40.5. The molecule has 2 aromatic heterocycles. The molecule has 47 heavy (non-hydrogen) atoms. The van der Waals surface area contributed by atoms with Crippen LogP contribution in [0.25, 0.3) is 11.2 Å². The van der Waals surface area contributed by atoms with Crippen molar-refractivity contribution < 1.29 is 46.9 Å². The number of carbonyl (C=O) groups is 2. The van der Waals surface area contributed by atoms with E-state index in [0.717, 1.165) is 0 Å². The number of nitrogens with zero attached hydrogens (tertiary/aromatic N) is 5. The Morgan fingerprint density at radius 1 is 0.979 bits per heavy atom. The highest BCUT2D eigenvalue weighted by Crippen LogP contribution is 2.49. The molecule has 2 amide bonds. The van der Waals surface area contributed by atoms with Crippen molar-refractivity contribution in [3.8, 4) is 0 Å². The molecule has 0 radical (unpaired) electrons. The number of carbonyl (C=O) groups excluding carboxylic acids is 2. The van der Waals surface area contributed by atoms with Gasteiger partial charge in [0.2, 0.25) is 5.28 Å². The van der Waals surface area contributed by atoms with E-state index < -0.39 is 55.2 Å². The molecule has 2 fully saturated rings. The zero-order chi connectivity index (χ0) is 34.9. The molecule has 1 unspecified atom stereocenters. The fraction of sp³-hybridized carbons (Fsp3) is 0.767. The monoisotopic (exact) mass is 703 g/mol. The molecule has 0 saturated carbocycles. The molecule has 4 rings (SSSR count). The summed E-state index contributed by atoms with van der Waals surface area (Å²) in [6, 6.07) is 0. The first-order valence-corrected chi connectivity index (χ1v) is 17.9. The number of aromatic nitrogens is 4. The van der Waals surface area contributed by atoms with Crippen LogP contribution in [-0.4, -0.2) is 86.4 Å². The van der Waals surface area contributed by atoms with Gasteiger partial charge in [0.25, 0.3) is 0 Å². The predicted octanol–water partition coefficient (Wildman–Crippen LogP) is 7.01. The molecule has 0 spiro atoms. The van der Waals surface area contributed by atoms with Crippen LogP contribution in [0.3, 0.4) is 0 Å². The molecule has 2 aliphatic rings. The lowest BCUT2D eigenvalue weighted by Crippen LogP contribution is -2.44. The number of ether oxygens (including phenoxy) is 5. The van der Waals surface area contributed by atoms with Gasteiger partial charge in [0.05, 0.1) is 31.8 Å². The van der Waals surface area contributed by atoms with Crippen molar-refractivity contribution >= 4 is 48.4 Å². The Kier molecular flexibility index (Phi) is 11.3. The van der Waals surface area contributed by atoms with Gasteiger partial charge >= 0.3 is 19.8 Å². The average Bonchev–Trinajstić information content (AvgIpc) is 3.55. The van der Waals surface area contributed by atoms with Gasteiger partial charge in [0.1, 0.15) is 23.4 Å². The fourth-order valence-corrected chi connectivity index (χ4v) is 7.30. The van der Waals surface area contributed by atoms with Crippen LogP contribution in [0.4, 0.5) is 15.4 Å². The van der Waals surface area contributed by atoms with E-state index >= 15 is 0 Å². The largest absolute Gasteiger partial charge is 0.443 e. The predicted molar refractivity (Wildman–Crippen MR) is 173 cm³/mol. The standard InChI is InChI=1S/C30H47ClN5O10P/c1-11-40-47(39,41-12-2)16-14-13-15-18-20-21(44-30(9,10)43-20)24(42-18)35-17-32-19-22(35)33-25(31)34-23(19)36(26(37)45-28(3,4)5)27(38)46-29(6,7)8/h17-18,20-21,24H,11-16H2,1-10H3/t18-,20?,21+,24-/m1/s1. The van der Waals surface area contributed by atoms with Crippen molar-refractivity contribution in [1.82, 2.24) is 19.5 Å². The van der Waals surface area contributed by atoms with Gasteiger partial charge in [-0.2, -0.15) is 14.9 Å². The Morgan fingerprint density at radius 3 is 2.11 bits per heavy atom. The molecule has 2 aliphatic heterocycles. The normalized spacial score (nSPS) is 22.8. The van der Waals surface area contributed by atoms with Crippen molar-refractivity contribution in [3.63, 3.8) is 0 Å². The number of unbranched alkanes of at least 4 members (excludes halogenated alkanes) is 1. The molecular weight excluding hydrogens is 657 g/mol. The Morgan fingerprint density at radius 2 is 1.55 bits per heavy atom. The topological polar surface area (TPSA) is 163 Å². The minimum absolute atomic E-state index is 0.0792. The second-order valence-corrected chi connectivity index (χ2v) is 16.3. The van der Waals surface area contributed by atoms with E-state index in [1.54, 1.807) is 60.0 Å². The van der Waals surface area contributed by atoms with Crippen LogP contribution in [0.15, 0.2) is 6.33 Å². The van der Waals surface area contributed by atoms with Gasteiger partial charge in [-0.3, -0.25) is 9.13 Å². The van der Waals surface area contributed by atoms with Crippen LogP contribution < -0.4 is 4.90 Å². The summed E-state index contributed by atoms with van der Waals surface area (Å²) in [6.45, 7) is 17.8. The van der Waals surface area contributed by atoms with Crippen LogP contribution in [0, 0.1) is 0 Å². The zero-order valence-corrected chi connectivity index (χ0v) is 30.4. The van der Waals surface area contributed by atoms with Gasteiger partial charge in [0.15, 0.2) is 29.0 Å². The Hall–Kier alpha value is -2.39. The van der Waals surface area contributed by atoms with E-state index in [-0.39, 0.29) is 34.5 Å². The van der Waals surface area contributed by atoms with Crippen molar-refractivity contribution in [2.24, 2.45) is 0 Å². The molecule has 15 nitrogen and oxygen atoms in total. The van der Waals surface area contributed by atoms with E-state index in [9.17, 15) is 14.2 Å². The Bertz CT molecular complexity index is 1450. The second kappa shape index (κ2) is 14.2. The third-order valence-corrected chi connectivity index (χ3v) is 9.30. The summed E-state index contributed by atoms with van der Waals surface area (Å²) in [5, 5.41) is -0.255. The number of imide groups is 1. The van der Waals surface area contributed by atoms with Crippen LogP contribution in [0.5, 0.6) is 0 Å². The van der Waals surface area contributed by atoms with Crippen molar-refractivity contribution in [2.75, 3.05) is 24.3 Å². The third kappa shape index (κ3) is 9.20. The molecular formula is C30H47ClN5O10P. The fourth-order valence-electron chi connectivity index (χ4n) is 5.41. The maximum absolute atomic E-state index is 13.4. The van der Waals surface area contributed by atoms with E-state index in [1.165, 1.54) is 6.33 Å². The molecule has 17 heteroatoms. The summed E-state index contributed by atoms with van der Waals surface area (Å²) in [7, 11) is -3.16. The highest BCUT2D eigenvalue weighted by Gasteiger charge is 2.56. The Labute approximate surface area is 280 Å². The molecule has 4 heterocycles. The molecule has 0 N–H and O–H groups in total. The van der Waals surface area contributed by atoms with Crippen LogP contribution in [0.1, 0.15) is 94.7 Å². The number of fused-ring (bicyclic) bond motifs is 2. The summed E-state index contributed by atoms with van der Waals surface area (Å²) in [5.41, 5.74) is -1.62. The van der Waals surface area contributed by atoms with Crippen molar-refractivity contribution in [1.29, 1.82) is 0 Å². The maximum Gasteiger partial charge on any atom is 0.425 e. The number of hydrogen-bond donors (Lipinski definition) is 0. The van der Waals surface area contributed by atoms with Gasteiger partial charge < -0.3 is 32.7 Å². The molecule has 0 bridgehead atoms. The first kappa shape index (κ1) is 37.4.